The van der Waals surface area contributed by atoms with Gasteiger partial charge in [-0.3, -0.25) is 4.79 Å². The van der Waals surface area contributed by atoms with Gasteiger partial charge in [-0.2, -0.15) is 0 Å². The molecule has 0 spiro atoms. The number of halogens is 1. The smallest absolute Gasteiger partial charge is 0.151 e. The van der Waals surface area contributed by atoms with Gasteiger partial charge >= 0.3 is 0 Å². The second kappa shape index (κ2) is 5.23. The first kappa shape index (κ1) is 12.7. The first-order valence-electron chi connectivity index (χ1n) is 5.67. The van der Waals surface area contributed by atoms with Crippen LogP contribution in [0.2, 0.25) is 5.02 Å². The van der Waals surface area contributed by atoms with Crippen LogP contribution in [0.5, 0.6) is 0 Å². The molecular formula is C15H14ClNO. The molecule has 18 heavy (non-hydrogen) atoms. The van der Waals surface area contributed by atoms with Crippen LogP contribution >= 0.6 is 11.6 Å². The number of aryl methyl sites for hydroxylation is 1. The van der Waals surface area contributed by atoms with E-state index in [1.54, 1.807) is 12.1 Å². The first-order chi connectivity index (χ1) is 8.63. The zero-order valence-corrected chi connectivity index (χ0v) is 11.1. The van der Waals surface area contributed by atoms with E-state index in [9.17, 15) is 4.79 Å². The van der Waals surface area contributed by atoms with Crippen LogP contribution in [-0.4, -0.2) is 13.3 Å². The van der Waals surface area contributed by atoms with Gasteiger partial charge in [-0.1, -0.05) is 29.8 Å². The highest BCUT2D eigenvalue weighted by Gasteiger charge is 2.08. The lowest BCUT2D eigenvalue weighted by Crippen LogP contribution is -2.10. The molecule has 2 nitrogen and oxygen atoms in total. The van der Waals surface area contributed by atoms with Gasteiger partial charge < -0.3 is 4.90 Å². The highest BCUT2D eigenvalue weighted by Crippen LogP contribution is 2.29. The minimum absolute atomic E-state index is 0.475. The first-order valence-corrected chi connectivity index (χ1v) is 6.05. The van der Waals surface area contributed by atoms with E-state index in [-0.39, 0.29) is 0 Å². The zero-order chi connectivity index (χ0) is 13.1. The number of hydrogen-bond donors (Lipinski definition) is 0. The summed E-state index contributed by atoms with van der Waals surface area (Å²) in [6, 6.07) is 13.6. The van der Waals surface area contributed by atoms with Gasteiger partial charge in [-0.25, -0.2) is 0 Å². The maximum absolute atomic E-state index is 10.7. The number of carbonyl (C=O) groups is 1. The molecule has 0 aromatic heterocycles. The van der Waals surface area contributed by atoms with Gasteiger partial charge in [0.1, 0.15) is 0 Å². The summed E-state index contributed by atoms with van der Waals surface area (Å²) in [6.07, 6.45) is 0.764. The quantitative estimate of drug-likeness (QED) is 0.769. The molecule has 2 aromatic carbocycles. The van der Waals surface area contributed by atoms with Crippen LogP contribution in [0.25, 0.3) is 0 Å². The Morgan fingerprint density at radius 2 is 1.89 bits per heavy atom. The molecular weight excluding hydrogens is 246 g/mol. The third-order valence-corrected chi connectivity index (χ3v) is 3.30. The average molecular weight is 260 g/mol. The van der Waals surface area contributed by atoms with Crippen LogP contribution in [0.4, 0.5) is 11.4 Å². The normalized spacial score (nSPS) is 10.2. The number of anilines is 2. The maximum Gasteiger partial charge on any atom is 0.151 e. The fourth-order valence-electron chi connectivity index (χ4n) is 1.90. The van der Waals surface area contributed by atoms with E-state index in [1.807, 2.05) is 25.2 Å². The van der Waals surface area contributed by atoms with Gasteiger partial charge in [0.2, 0.25) is 0 Å². The van der Waals surface area contributed by atoms with Gasteiger partial charge in [0.25, 0.3) is 0 Å². The molecule has 0 saturated heterocycles. The van der Waals surface area contributed by atoms with Gasteiger partial charge in [0.15, 0.2) is 6.29 Å². The molecule has 0 N–H and O–H groups in total. The molecule has 0 atom stereocenters. The Labute approximate surface area is 112 Å². The Bertz CT molecular complexity index is 580. The molecule has 92 valence electrons. The molecule has 2 aromatic rings. The van der Waals surface area contributed by atoms with E-state index in [0.29, 0.717) is 10.6 Å². The Morgan fingerprint density at radius 3 is 2.50 bits per heavy atom. The lowest BCUT2D eigenvalue weighted by atomic mass is 10.1. The topological polar surface area (TPSA) is 20.3 Å². The van der Waals surface area contributed by atoms with Crippen LogP contribution in [-0.2, 0) is 0 Å². The van der Waals surface area contributed by atoms with Gasteiger partial charge in [0, 0.05) is 24.0 Å². The summed E-state index contributed by atoms with van der Waals surface area (Å²) in [5, 5.41) is 0.475. The number of aldehydes is 1. The Morgan fingerprint density at radius 1 is 1.17 bits per heavy atom. The molecule has 3 heteroatoms. The van der Waals surface area contributed by atoms with Crippen molar-refractivity contribution in [3.63, 3.8) is 0 Å². The van der Waals surface area contributed by atoms with Crippen LogP contribution in [0, 0.1) is 6.92 Å². The monoisotopic (exact) mass is 259 g/mol. The van der Waals surface area contributed by atoms with E-state index in [2.05, 4.69) is 24.0 Å². The molecule has 0 aliphatic rings. The van der Waals surface area contributed by atoms with Crippen molar-refractivity contribution < 1.29 is 4.79 Å². The van der Waals surface area contributed by atoms with E-state index >= 15 is 0 Å². The second-order valence-electron chi connectivity index (χ2n) is 4.17. The summed E-state index contributed by atoms with van der Waals surface area (Å²) in [5.74, 6) is 0. The SMILES string of the molecule is Cc1ccccc1N(C)c1ccc(C=O)c(Cl)c1. The lowest BCUT2D eigenvalue weighted by molar-refractivity contribution is 0.112. The second-order valence-corrected chi connectivity index (χ2v) is 4.58. The molecule has 0 unspecified atom stereocenters. The minimum atomic E-state index is 0.475. The summed E-state index contributed by atoms with van der Waals surface area (Å²) < 4.78 is 0. The number of rotatable bonds is 3. The van der Waals surface area contributed by atoms with Crippen molar-refractivity contribution in [1.82, 2.24) is 0 Å². The van der Waals surface area contributed by atoms with E-state index in [1.165, 1.54) is 5.56 Å². The third-order valence-electron chi connectivity index (χ3n) is 2.98. The summed E-state index contributed by atoms with van der Waals surface area (Å²) in [5.41, 5.74) is 3.78. The highest BCUT2D eigenvalue weighted by molar-refractivity contribution is 6.33. The molecule has 0 heterocycles. The number of carbonyl (C=O) groups excluding carboxylic acids is 1. The Balaban J connectivity index is 2.40. The van der Waals surface area contributed by atoms with Crippen molar-refractivity contribution in [2.45, 2.75) is 6.92 Å². The summed E-state index contributed by atoms with van der Waals surface area (Å²) in [4.78, 5) is 12.8. The molecule has 0 bridgehead atoms. The molecule has 0 aliphatic heterocycles. The molecule has 0 radical (unpaired) electrons. The third kappa shape index (κ3) is 2.39. The number of para-hydroxylation sites is 1. The van der Waals surface area contributed by atoms with Crippen molar-refractivity contribution >= 4 is 29.3 Å². The summed E-state index contributed by atoms with van der Waals surface area (Å²) in [6.45, 7) is 2.06. The van der Waals surface area contributed by atoms with Gasteiger partial charge in [-0.15, -0.1) is 0 Å². The Kier molecular flexibility index (Phi) is 3.68. The lowest BCUT2D eigenvalue weighted by Gasteiger charge is -2.22. The number of nitrogens with zero attached hydrogens (tertiary/aromatic N) is 1. The summed E-state index contributed by atoms with van der Waals surface area (Å²) in [7, 11) is 1.98. The molecule has 0 aliphatic carbocycles. The van der Waals surface area contributed by atoms with Gasteiger partial charge in [-0.05, 0) is 36.8 Å². The van der Waals surface area contributed by atoms with Crippen LogP contribution in [0.3, 0.4) is 0 Å². The predicted octanol–water partition coefficient (Wildman–Crippen LogP) is 4.23. The molecule has 0 saturated carbocycles. The number of benzene rings is 2. The standard InChI is InChI=1S/C15H14ClNO/c1-11-5-3-4-6-15(11)17(2)13-8-7-12(10-18)14(16)9-13/h3-10H,1-2H3. The van der Waals surface area contributed by atoms with E-state index in [0.717, 1.165) is 17.7 Å². The largest absolute Gasteiger partial charge is 0.344 e. The number of hydrogen-bond acceptors (Lipinski definition) is 2. The average Bonchev–Trinajstić information content (AvgIpc) is 2.38. The van der Waals surface area contributed by atoms with Gasteiger partial charge in [0.05, 0.1) is 5.02 Å². The molecule has 0 amide bonds. The van der Waals surface area contributed by atoms with Crippen molar-refractivity contribution in [2.24, 2.45) is 0 Å². The minimum Gasteiger partial charge on any atom is -0.344 e. The maximum atomic E-state index is 10.7. The Hall–Kier alpha value is -1.80. The highest BCUT2D eigenvalue weighted by atomic mass is 35.5. The fraction of sp³-hybridized carbons (Fsp3) is 0.133. The fourth-order valence-corrected chi connectivity index (χ4v) is 2.12. The summed E-state index contributed by atoms with van der Waals surface area (Å²) >= 11 is 6.04. The molecule has 2 rings (SSSR count). The van der Waals surface area contributed by atoms with E-state index in [4.69, 9.17) is 11.6 Å². The zero-order valence-electron chi connectivity index (χ0n) is 10.4. The molecule has 0 fully saturated rings. The van der Waals surface area contributed by atoms with Crippen LogP contribution < -0.4 is 4.90 Å². The van der Waals surface area contributed by atoms with Crippen molar-refractivity contribution in [2.75, 3.05) is 11.9 Å². The van der Waals surface area contributed by atoms with Crippen LogP contribution in [0.15, 0.2) is 42.5 Å². The van der Waals surface area contributed by atoms with Crippen molar-refractivity contribution in [3.8, 4) is 0 Å². The predicted molar refractivity (Wildman–Crippen MR) is 76.1 cm³/mol. The van der Waals surface area contributed by atoms with Crippen LogP contribution in [0.1, 0.15) is 15.9 Å². The van der Waals surface area contributed by atoms with E-state index < -0.39 is 0 Å². The van der Waals surface area contributed by atoms with Crippen molar-refractivity contribution in [1.29, 1.82) is 0 Å². The van der Waals surface area contributed by atoms with Crippen molar-refractivity contribution in [3.05, 3.63) is 58.6 Å².